The Bertz CT molecular complexity index is 192. The maximum absolute atomic E-state index is 5.80. The van der Waals surface area contributed by atoms with Gasteiger partial charge in [-0.15, -0.1) is 0 Å². The van der Waals surface area contributed by atoms with Crippen molar-refractivity contribution in [3.63, 3.8) is 0 Å². The topological polar surface area (TPSA) is 38.0 Å². The first-order valence-corrected chi connectivity index (χ1v) is 4.10. The van der Waals surface area contributed by atoms with Crippen LogP contribution in [0.2, 0.25) is 0 Å². The van der Waals surface area contributed by atoms with Gasteiger partial charge in [0, 0.05) is 17.1 Å². The first kappa shape index (κ1) is 8.18. The molecule has 1 aliphatic rings. The molecule has 0 unspecified atom stereocenters. The van der Waals surface area contributed by atoms with Crippen LogP contribution >= 0.6 is 0 Å². The fourth-order valence-electron chi connectivity index (χ4n) is 1.33. The summed E-state index contributed by atoms with van der Waals surface area (Å²) in [4.78, 5) is 0. The summed E-state index contributed by atoms with van der Waals surface area (Å²) in [6, 6.07) is 0. The van der Waals surface area contributed by atoms with Crippen molar-refractivity contribution in [1.82, 2.24) is 5.32 Å². The summed E-state index contributed by atoms with van der Waals surface area (Å²) >= 11 is 0. The lowest BCUT2D eigenvalue weighted by Crippen LogP contribution is -2.19. The Kier molecular flexibility index (Phi) is 2.58. The predicted octanol–water partition coefficient (Wildman–Crippen LogP) is 1.85. The Morgan fingerprint density at radius 3 is 2.64 bits per heavy atom. The molecule has 0 saturated heterocycles. The van der Waals surface area contributed by atoms with E-state index in [2.05, 4.69) is 11.9 Å². The summed E-state index contributed by atoms with van der Waals surface area (Å²) in [5.41, 5.74) is 8.98. The third-order valence-electron chi connectivity index (χ3n) is 1.87. The van der Waals surface area contributed by atoms with Crippen LogP contribution in [-0.4, -0.2) is 0 Å². The maximum Gasteiger partial charge on any atom is 0.0338 e. The van der Waals surface area contributed by atoms with E-state index >= 15 is 0 Å². The first-order chi connectivity index (χ1) is 5.20. The average molecular weight is 152 g/mol. The molecule has 0 spiro atoms. The van der Waals surface area contributed by atoms with Crippen LogP contribution in [0.3, 0.4) is 0 Å². The molecule has 2 heteroatoms. The van der Waals surface area contributed by atoms with Gasteiger partial charge < -0.3 is 11.1 Å². The second-order valence-electron chi connectivity index (χ2n) is 3.12. The third kappa shape index (κ3) is 2.30. The van der Waals surface area contributed by atoms with Gasteiger partial charge in [0.1, 0.15) is 0 Å². The molecule has 1 aliphatic carbocycles. The van der Waals surface area contributed by atoms with E-state index < -0.39 is 0 Å². The Labute approximate surface area is 68.2 Å². The molecular formula is C9H16N2. The van der Waals surface area contributed by atoms with Gasteiger partial charge in [-0.3, -0.25) is 0 Å². The van der Waals surface area contributed by atoms with Gasteiger partial charge in [-0.25, -0.2) is 0 Å². The largest absolute Gasteiger partial charge is 0.401 e. The molecule has 0 heterocycles. The minimum atomic E-state index is 0.977. The molecule has 0 aromatic carbocycles. The van der Waals surface area contributed by atoms with Crippen molar-refractivity contribution in [3.8, 4) is 0 Å². The van der Waals surface area contributed by atoms with Gasteiger partial charge in [0.15, 0.2) is 0 Å². The normalized spacial score (nSPS) is 18.3. The molecule has 62 valence electrons. The molecule has 2 nitrogen and oxygen atoms in total. The zero-order valence-electron chi connectivity index (χ0n) is 7.11. The number of hydrogen-bond donors (Lipinski definition) is 2. The lowest BCUT2D eigenvalue weighted by molar-refractivity contribution is 0.635. The van der Waals surface area contributed by atoms with E-state index in [-0.39, 0.29) is 0 Å². The molecule has 0 aliphatic heterocycles. The minimum Gasteiger partial charge on any atom is -0.401 e. The molecule has 1 rings (SSSR count). The highest BCUT2D eigenvalue weighted by Gasteiger charge is 2.08. The van der Waals surface area contributed by atoms with E-state index in [0.717, 1.165) is 24.2 Å². The standard InChI is InChI=1S/C9H16N2/c1-7(2)11-9-6-4-3-5-8(9)10/h11H,1,3-6,10H2,2H3. The summed E-state index contributed by atoms with van der Waals surface area (Å²) in [6.07, 6.45) is 4.60. The second-order valence-corrected chi connectivity index (χ2v) is 3.12. The van der Waals surface area contributed by atoms with Gasteiger partial charge in [-0.2, -0.15) is 0 Å². The van der Waals surface area contributed by atoms with Gasteiger partial charge >= 0.3 is 0 Å². The molecule has 0 fully saturated rings. The van der Waals surface area contributed by atoms with Gasteiger partial charge in [-0.05, 0) is 32.6 Å². The molecule has 3 N–H and O–H groups in total. The highest BCUT2D eigenvalue weighted by molar-refractivity contribution is 5.15. The summed E-state index contributed by atoms with van der Waals surface area (Å²) < 4.78 is 0. The van der Waals surface area contributed by atoms with E-state index in [4.69, 9.17) is 5.73 Å². The number of nitrogens with two attached hydrogens (primary N) is 1. The van der Waals surface area contributed by atoms with Crippen molar-refractivity contribution in [2.45, 2.75) is 32.6 Å². The van der Waals surface area contributed by atoms with Crippen LogP contribution < -0.4 is 11.1 Å². The maximum atomic E-state index is 5.80. The molecule has 0 aromatic rings. The molecular weight excluding hydrogens is 136 g/mol. The fraction of sp³-hybridized carbons (Fsp3) is 0.556. The van der Waals surface area contributed by atoms with Gasteiger partial charge in [0.05, 0.1) is 0 Å². The highest BCUT2D eigenvalue weighted by atomic mass is 14.9. The van der Waals surface area contributed by atoms with Gasteiger partial charge in [-0.1, -0.05) is 6.58 Å². The number of allylic oxidation sites excluding steroid dienone is 3. The van der Waals surface area contributed by atoms with E-state index in [1.54, 1.807) is 0 Å². The Balaban J connectivity index is 2.59. The molecule has 0 amide bonds. The van der Waals surface area contributed by atoms with Crippen LogP contribution in [0, 0.1) is 0 Å². The molecule has 11 heavy (non-hydrogen) atoms. The number of rotatable bonds is 2. The highest BCUT2D eigenvalue weighted by Crippen LogP contribution is 2.19. The molecule has 0 bridgehead atoms. The van der Waals surface area contributed by atoms with Crippen molar-refractivity contribution in [2.75, 3.05) is 0 Å². The van der Waals surface area contributed by atoms with Crippen LogP contribution in [0.5, 0.6) is 0 Å². The van der Waals surface area contributed by atoms with Crippen LogP contribution in [0.15, 0.2) is 23.7 Å². The van der Waals surface area contributed by atoms with Crippen molar-refractivity contribution in [3.05, 3.63) is 23.7 Å². The van der Waals surface area contributed by atoms with Crippen LogP contribution in [0.4, 0.5) is 0 Å². The zero-order valence-corrected chi connectivity index (χ0v) is 7.11. The number of hydrogen-bond acceptors (Lipinski definition) is 2. The van der Waals surface area contributed by atoms with Crippen LogP contribution in [0.1, 0.15) is 32.6 Å². The molecule has 0 radical (unpaired) electrons. The second kappa shape index (κ2) is 3.46. The Morgan fingerprint density at radius 2 is 2.09 bits per heavy atom. The number of nitrogens with one attached hydrogen (secondary N) is 1. The van der Waals surface area contributed by atoms with E-state index in [1.165, 1.54) is 18.5 Å². The van der Waals surface area contributed by atoms with Crippen LogP contribution in [0.25, 0.3) is 0 Å². The van der Waals surface area contributed by atoms with E-state index in [0.29, 0.717) is 0 Å². The monoisotopic (exact) mass is 152 g/mol. The summed E-state index contributed by atoms with van der Waals surface area (Å²) in [6.45, 7) is 5.74. The summed E-state index contributed by atoms with van der Waals surface area (Å²) in [7, 11) is 0. The first-order valence-electron chi connectivity index (χ1n) is 4.10. The van der Waals surface area contributed by atoms with Crippen molar-refractivity contribution in [1.29, 1.82) is 0 Å². The molecule has 0 atom stereocenters. The molecule has 0 saturated carbocycles. The Morgan fingerprint density at radius 1 is 1.45 bits per heavy atom. The van der Waals surface area contributed by atoms with Crippen molar-refractivity contribution in [2.24, 2.45) is 5.73 Å². The summed E-state index contributed by atoms with van der Waals surface area (Å²) in [5.74, 6) is 0. The van der Waals surface area contributed by atoms with Crippen LogP contribution in [-0.2, 0) is 0 Å². The SMILES string of the molecule is C=C(C)NC1=C(N)CCCC1. The average Bonchev–Trinajstić information content (AvgIpc) is 1.93. The lowest BCUT2D eigenvalue weighted by Gasteiger charge is -2.18. The lowest BCUT2D eigenvalue weighted by atomic mass is 10.0. The zero-order chi connectivity index (χ0) is 8.27. The van der Waals surface area contributed by atoms with E-state index in [9.17, 15) is 0 Å². The Hall–Kier alpha value is -0.920. The van der Waals surface area contributed by atoms with Crippen molar-refractivity contribution < 1.29 is 0 Å². The smallest absolute Gasteiger partial charge is 0.0338 e. The predicted molar refractivity (Wildman–Crippen MR) is 47.6 cm³/mol. The van der Waals surface area contributed by atoms with E-state index in [1.807, 2.05) is 6.92 Å². The third-order valence-corrected chi connectivity index (χ3v) is 1.87. The van der Waals surface area contributed by atoms with Gasteiger partial charge in [0.2, 0.25) is 0 Å². The summed E-state index contributed by atoms with van der Waals surface area (Å²) in [5, 5.41) is 3.19. The fourth-order valence-corrected chi connectivity index (χ4v) is 1.33. The minimum absolute atomic E-state index is 0.977. The molecule has 0 aromatic heterocycles. The quantitative estimate of drug-likeness (QED) is 0.633. The van der Waals surface area contributed by atoms with Crippen molar-refractivity contribution >= 4 is 0 Å². The van der Waals surface area contributed by atoms with Gasteiger partial charge in [0.25, 0.3) is 0 Å².